The van der Waals surface area contributed by atoms with E-state index >= 15 is 0 Å². The second-order valence-corrected chi connectivity index (χ2v) is 11.8. The summed E-state index contributed by atoms with van der Waals surface area (Å²) in [5.41, 5.74) is 0. The molecule has 3 N–H and O–H groups in total. The number of hydrogen-bond donors (Lipinski definition) is 3. The molecule has 3 aliphatic rings. The number of rotatable bonds is 3. The fourth-order valence-electron chi connectivity index (χ4n) is 2.11. The molecule has 6 nitrogen and oxygen atoms in total. The minimum atomic E-state index is -4.92. The standard InChI is InChI=1S/C10H13F3I2N2O4/c1-7(14,10-15(16-10)17-10)6(18)21-5-2-3-20-8(19,4-5)9(11,12)13/h5,16-17,19H,2-4H2,1H3. The van der Waals surface area contributed by atoms with Gasteiger partial charge >= 0.3 is 140 Å². The number of ether oxygens (including phenoxy) is 2. The van der Waals surface area contributed by atoms with Crippen LogP contribution in [0.4, 0.5) is 13.2 Å². The van der Waals surface area contributed by atoms with E-state index in [9.17, 15) is 23.1 Å². The molecule has 3 unspecified atom stereocenters. The summed E-state index contributed by atoms with van der Waals surface area (Å²) in [6, 6.07) is 0. The Morgan fingerprint density at radius 1 is 1.52 bits per heavy atom. The maximum absolute atomic E-state index is 12.7. The topological polar surface area (TPSA) is 99.6 Å². The average molecular weight is 536 g/mol. The molecule has 0 aromatic carbocycles. The second kappa shape index (κ2) is 4.78. The number of esters is 1. The van der Waals surface area contributed by atoms with Crippen LogP contribution in [-0.2, 0) is 14.3 Å². The van der Waals surface area contributed by atoms with E-state index in [0.29, 0.717) is 0 Å². The third-order valence-electron chi connectivity index (χ3n) is 3.69. The number of nitrogens with one attached hydrogen (secondary N) is 2. The third kappa shape index (κ3) is 2.56. The van der Waals surface area contributed by atoms with Crippen LogP contribution in [0.15, 0.2) is 0 Å². The monoisotopic (exact) mass is 536 g/mol. The van der Waals surface area contributed by atoms with Gasteiger partial charge in [0, 0.05) is 0 Å². The number of carbonyl (C=O) groups is 1. The average Bonchev–Trinajstić information content (AvgIpc) is 3.15. The van der Waals surface area contributed by atoms with Gasteiger partial charge in [0.15, 0.2) is 0 Å². The predicted molar refractivity (Wildman–Crippen MR) is 81.5 cm³/mol. The van der Waals surface area contributed by atoms with E-state index in [2.05, 4.69) is 11.8 Å². The molecule has 3 atom stereocenters. The molecule has 3 fully saturated rings. The van der Waals surface area contributed by atoms with Crippen LogP contribution >= 0.6 is 43.0 Å². The Morgan fingerprint density at radius 2 is 2.10 bits per heavy atom. The fourth-order valence-corrected chi connectivity index (χ4v) is 9.87. The van der Waals surface area contributed by atoms with Crippen LogP contribution in [0, 0.1) is 0 Å². The SMILES string of the molecule is CC(I)(C(=O)OC1CCOC(O)(C(F)(F)F)C1)C12NI1N2. The quantitative estimate of drug-likeness (QED) is 0.126. The predicted octanol–water partition coefficient (Wildman–Crippen LogP) is 1.35. The van der Waals surface area contributed by atoms with Gasteiger partial charge in [-0.05, 0) is 0 Å². The number of alkyl halides is 5. The Balaban J connectivity index is 1.64. The molecule has 0 aliphatic carbocycles. The Kier molecular flexibility index (Phi) is 3.74. The van der Waals surface area contributed by atoms with Crippen molar-refractivity contribution in [1.82, 2.24) is 7.06 Å². The van der Waals surface area contributed by atoms with E-state index in [0.717, 1.165) is 0 Å². The molecule has 0 amide bonds. The Labute approximate surface area is 139 Å². The van der Waals surface area contributed by atoms with Gasteiger partial charge in [0.25, 0.3) is 0 Å². The minimum absolute atomic E-state index is 0.132. The van der Waals surface area contributed by atoms with Crippen LogP contribution in [-0.4, -0.2) is 42.8 Å². The van der Waals surface area contributed by atoms with Crippen LogP contribution in [0.1, 0.15) is 19.8 Å². The van der Waals surface area contributed by atoms with E-state index < -0.39 is 54.2 Å². The summed E-state index contributed by atoms with van der Waals surface area (Å²) >= 11 is 0.583. The third-order valence-corrected chi connectivity index (χ3v) is 10.8. The van der Waals surface area contributed by atoms with Gasteiger partial charge in [-0.3, -0.25) is 0 Å². The maximum atomic E-state index is 12.7. The molecule has 0 spiro atoms. The zero-order chi connectivity index (χ0) is 15.7. The number of hydrogen-bond acceptors (Lipinski definition) is 6. The Morgan fingerprint density at radius 3 is 2.57 bits per heavy atom. The Hall–Kier alpha value is 0.560. The van der Waals surface area contributed by atoms with Gasteiger partial charge < -0.3 is 0 Å². The van der Waals surface area contributed by atoms with E-state index in [1.54, 1.807) is 6.92 Å². The molecule has 3 rings (SSSR count). The van der Waals surface area contributed by atoms with Gasteiger partial charge in [-0.2, -0.15) is 0 Å². The van der Waals surface area contributed by atoms with E-state index in [1.165, 1.54) is 0 Å². The number of fused-ring (bicyclic) bond motifs is 1. The van der Waals surface area contributed by atoms with Crippen molar-refractivity contribution in [3.05, 3.63) is 0 Å². The zero-order valence-corrected chi connectivity index (χ0v) is 15.1. The molecule has 3 aliphatic heterocycles. The molecule has 11 heteroatoms. The molecule has 3 heterocycles. The van der Waals surface area contributed by atoms with Crippen molar-refractivity contribution in [2.75, 3.05) is 6.61 Å². The zero-order valence-electron chi connectivity index (χ0n) is 10.8. The molecule has 0 radical (unpaired) electrons. The fraction of sp³-hybridized carbons (Fsp3) is 0.900. The van der Waals surface area contributed by atoms with Crippen molar-refractivity contribution in [2.24, 2.45) is 0 Å². The first-order valence-electron chi connectivity index (χ1n) is 6.10. The second-order valence-electron chi connectivity index (χ2n) is 5.28. The van der Waals surface area contributed by atoms with Crippen molar-refractivity contribution < 1.29 is 32.5 Å². The summed E-state index contributed by atoms with van der Waals surface area (Å²) in [5.74, 6) is -3.82. The van der Waals surface area contributed by atoms with Crippen molar-refractivity contribution >= 4 is 48.9 Å². The van der Waals surface area contributed by atoms with Crippen LogP contribution in [0.3, 0.4) is 0 Å². The molecule has 122 valence electrons. The van der Waals surface area contributed by atoms with E-state index in [-0.39, 0.29) is 16.7 Å². The molecule has 0 aromatic heterocycles. The number of carbonyl (C=O) groups excluding carboxylic acids is 1. The number of halogens is 5. The molecular formula is C10H13F3I2N2O4. The van der Waals surface area contributed by atoms with Gasteiger partial charge in [0.05, 0.1) is 0 Å². The molecule has 0 saturated carbocycles. The summed E-state index contributed by atoms with van der Waals surface area (Å²) in [6.45, 7) is 1.38. The Bertz CT molecular complexity index is 483. The summed E-state index contributed by atoms with van der Waals surface area (Å²) in [6.07, 6.45) is -6.60. The van der Waals surface area contributed by atoms with Gasteiger partial charge in [-0.1, -0.05) is 0 Å². The molecule has 3 saturated heterocycles. The van der Waals surface area contributed by atoms with Crippen molar-refractivity contribution in [3.8, 4) is 0 Å². The van der Waals surface area contributed by atoms with Crippen LogP contribution in [0.25, 0.3) is 0 Å². The van der Waals surface area contributed by atoms with Gasteiger partial charge in [-0.25, -0.2) is 0 Å². The molecule has 0 bridgehead atoms. The van der Waals surface area contributed by atoms with Gasteiger partial charge in [-0.15, -0.1) is 0 Å². The first kappa shape index (κ1) is 16.4. The van der Waals surface area contributed by atoms with Crippen LogP contribution < -0.4 is 7.06 Å². The first-order chi connectivity index (χ1) is 9.52. The molecule has 0 aromatic rings. The van der Waals surface area contributed by atoms with Crippen LogP contribution in [0.2, 0.25) is 0 Å². The summed E-state index contributed by atoms with van der Waals surface area (Å²) in [7, 11) is 0. The molecule has 21 heavy (non-hydrogen) atoms. The van der Waals surface area contributed by atoms with Crippen LogP contribution in [0.5, 0.6) is 0 Å². The first-order valence-corrected chi connectivity index (χ1v) is 10.4. The summed E-state index contributed by atoms with van der Waals surface area (Å²) < 4.78 is 53.0. The van der Waals surface area contributed by atoms with E-state index in [1.807, 2.05) is 22.6 Å². The van der Waals surface area contributed by atoms with Crippen molar-refractivity contribution in [2.45, 2.75) is 44.9 Å². The van der Waals surface area contributed by atoms with Gasteiger partial charge in [0.1, 0.15) is 0 Å². The normalized spacial score (nSPS) is 38.2. The summed E-state index contributed by atoms with van der Waals surface area (Å²) in [4.78, 5) is 12.2. The summed E-state index contributed by atoms with van der Waals surface area (Å²) in [5, 5.41) is 9.52. The molecular weight excluding hydrogens is 523 g/mol. The van der Waals surface area contributed by atoms with Crippen molar-refractivity contribution in [3.63, 3.8) is 0 Å². The van der Waals surface area contributed by atoms with Crippen molar-refractivity contribution in [1.29, 1.82) is 0 Å². The van der Waals surface area contributed by atoms with Gasteiger partial charge in [0.2, 0.25) is 0 Å². The van der Waals surface area contributed by atoms with E-state index in [4.69, 9.17) is 4.74 Å². The number of aliphatic hydroxyl groups is 1.